The number of hydrogen-bond acceptors (Lipinski definition) is 5. The summed E-state index contributed by atoms with van der Waals surface area (Å²) in [5, 5.41) is 19.7. The molecule has 0 aliphatic carbocycles. The number of benzene rings is 3. The van der Waals surface area contributed by atoms with Crippen molar-refractivity contribution in [3.63, 3.8) is 0 Å². The maximum Gasteiger partial charge on any atom is 0.341 e. The molecule has 0 aromatic heterocycles. The average molecular weight is 505 g/mol. The van der Waals surface area contributed by atoms with E-state index in [9.17, 15) is 15.0 Å². The normalized spacial score (nSPS) is 18.5. The van der Waals surface area contributed by atoms with Gasteiger partial charge >= 0.3 is 5.97 Å². The molecule has 3 aromatic carbocycles. The van der Waals surface area contributed by atoms with E-state index in [0.29, 0.717) is 5.56 Å². The highest BCUT2D eigenvalue weighted by atomic mass is 35.5. The highest BCUT2D eigenvalue weighted by molar-refractivity contribution is 6.53. The molecule has 2 heterocycles. The van der Waals surface area contributed by atoms with Crippen molar-refractivity contribution in [1.29, 1.82) is 0 Å². The fraction of sp³-hybridized carbons (Fsp3) is 0.0500. The molecule has 1 unspecified atom stereocenters. The first-order valence-electron chi connectivity index (χ1n) is 8.31. The van der Waals surface area contributed by atoms with E-state index >= 15 is 0 Å². The summed E-state index contributed by atoms with van der Waals surface area (Å²) < 4.78 is 11.7. The van der Waals surface area contributed by atoms with E-state index in [2.05, 4.69) is 0 Å². The van der Waals surface area contributed by atoms with E-state index in [1.807, 2.05) is 0 Å². The molecule has 0 saturated heterocycles. The minimum absolute atomic E-state index is 0.00858. The second-order valence-corrected chi connectivity index (χ2v) is 8.58. The number of hydrogen-bond donors (Lipinski definition) is 2. The lowest BCUT2D eigenvalue weighted by molar-refractivity contribution is 0.0224. The van der Waals surface area contributed by atoms with E-state index in [4.69, 9.17) is 67.5 Å². The molecule has 2 aliphatic rings. The molecule has 0 radical (unpaired) electrons. The van der Waals surface area contributed by atoms with Gasteiger partial charge in [-0.3, -0.25) is 0 Å². The smallest absolute Gasteiger partial charge is 0.341 e. The Balaban J connectivity index is 1.99. The fourth-order valence-electron chi connectivity index (χ4n) is 3.83. The van der Waals surface area contributed by atoms with Gasteiger partial charge in [-0.15, -0.1) is 0 Å². The molecule has 1 spiro atoms. The summed E-state index contributed by atoms with van der Waals surface area (Å²) >= 11 is 31.5. The number of aromatic hydroxyl groups is 2. The molecule has 0 saturated carbocycles. The molecule has 10 heteroatoms. The molecule has 1 atom stereocenters. The topological polar surface area (TPSA) is 76.0 Å². The molecule has 5 rings (SSSR count). The van der Waals surface area contributed by atoms with Crippen LogP contribution in [-0.4, -0.2) is 16.2 Å². The van der Waals surface area contributed by atoms with Gasteiger partial charge in [0.15, 0.2) is 5.60 Å². The van der Waals surface area contributed by atoms with Crippen molar-refractivity contribution < 1.29 is 24.5 Å². The monoisotopic (exact) mass is 502 g/mol. The van der Waals surface area contributed by atoms with Gasteiger partial charge < -0.3 is 19.7 Å². The Morgan fingerprint density at radius 3 is 2.20 bits per heavy atom. The van der Waals surface area contributed by atoms with Gasteiger partial charge in [0.25, 0.3) is 0 Å². The zero-order valence-electron chi connectivity index (χ0n) is 14.4. The molecule has 30 heavy (non-hydrogen) atoms. The van der Waals surface area contributed by atoms with Gasteiger partial charge in [-0.2, -0.15) is 0 Å². The number of halogens is 5. The third-order valence-corrected chi connectivity index (χ3v) is 7.17. The zero-order chi connectivity index (χ0) is 21.5. The molecule has 0 amide bonds. The second-order valence-electron chi connectivity index (χ2n) is 6.66. The van der Waals surface area contributed by atoms with Crippen molar-refractivity contribution in [1.82, 2.24) is 0 Å². The molecular weight excluding hydrogens is 497 g/mol. The van der Waals surface area contributed by atoms with Crippen LogP contribution in [-0.2, 0) is 10.3 Å². The third-order valence-electron chi connectivity index (χ3n) is 5.06. The van der Waals surface area contributed by atoms with E-state index in [0.717, 1.165) is 0 Å². The Labute approximate surface area is 194 Å². The Hall–Kier alpha value is -2.02. The van der Waals surface area contributed by atoms with Crippen LogP contribution >= 0.6 is 58.0 Å². The van der Waals surface area contributed by atoms with Crippen LogP contribution in [0.25, 0.3) is 0 Å². The molecule has 3 aromatic rings. The summed E-state index contributed by atoms with van der Waals surface area (Å²) in [5.74, 6) is -0.825. The van der Waals surface area contributed by atoms with Gasteiger partial charge in [-0.25, -0.2) is 4.79 Å². The number of carbonyl (C=O) groups is 1. The second kappa shape index (κ2) is 6.49. The van der Waals surface area contributed by atoms with Crippen molar-refractivity contribution in [2.24, 2.45) is 0 Å². The number of ether oxygens (including phenoxy) is 2. The van der Waals surface area contributed by atoms with Crippen LogP contribution in [0.4, 0.5) is 0 Å². The summed E-state index contributed by atoms with van der Waals surface area (Å²) in [6, 6.07) is 6.92. The van der Waals surface area contributed by atoms with Gasteiger partial charge in [0.1, 0.15) is 23.0 Å². The Kier molecular flexibility index (Phi) is 4.31. The fourth-order valence-corrected chi connectivity index (χ4v) is 5.05. The lowest BCUT2D eigenvalue weighted by atomic mass is 9.77. The van der Waals surface area contributed by atoms with Gasteiger partial charge in [0.2, 0.25) is 0 Å². The maximum atomic E-state index is 13.0. The van der Waals surface area contributed by atoms with Crippen molar-refractivity contribution in [2.75, 3.05) is 0 Å². The van der Waals surface area contributed by atoms with Crippen LogP contribution in [0.3, 0.4) is 0 Å². The first kappa shape index (κ1) is 19.9. The Bertz CT molecular complexity index is 1310. The van der Waals surface area contributed by atoms with Crippen LogP contribution in [0.5, 0.6) is 23.0 Å². The molecule has 0 bridgehead atoms. The molecule has 5 nitrogen and oxygen atoms in total. The lowest BCUT2D eigenvalue weighted by Gasteiger charge is -2.37. The highest BCUT2D eigenvalue weighted by Crippen LogP contribution is 2.61. The third kappa shape index (κ3) is 2.41. The summed E-state index contributed by atoms with van der Waals surface area (Å²) in [6.07, 6.45) is 0. The van der Waals surface area contributed by atoms with E-state index in [1.165, 1.54) is 30.3 Å². The number of carbonyl (C=O) groups excluding carboxylic acids is 1. The van der Waals surface area contributed by atoms with Crippen LogP contribution in [0, 0.1) is 0 Å². The minimum atomic E-state index is -1.66. The van der Waals surface area contributed by atoms with Crippen LogP contribution < -0.4 is 4.74 Å². The SMILES string of the molecule is O=C1OC2(c3ccc(O)cc3Oc3cc(O)c(Cl)cc32)c2c(Cl)c(Cl)c(Cl)c(Cl)c21. The quantitative estimate of drug-likeness (QED) is 0.197. The molecular formula is C20H7Cl5O5. The first-order valence-corrected chi connectivity index (χ1v) is 10.2. The van der Waals surface area contributed by atoms with Crippen LogP contribution in [0.15, 0.2) is 30.3 Å². The molecule has 152 valence electrons. The Morgan fingerprint density at radius 2 is 1.47 bits per heavy atom. The highest BCUT2D eigenvalue weighted by Gasteiger charge is 2.56. The summed E-state index contributed by atoms with van der Waals surface area (Å²) in [4.78, 5) is 13.0. The maximum absolute atomic E-state index is 13.0. The van der Waals surface area contributed by atoms with E-state index in [-0.39, 0.29) is 64.8 Å². The molecule has 2 N–H and O–H groups in total. The number of fused-ring (bicyclic) bond motifs is 6. The Morgan fingerprint density at radius 1 is 0.800 bits per heavy atom. The van der Waals surface area contributed by atoms with Crippen molar-refractivity contribution in [3.8, 4) is 23.0 Å². The average Bonchev–Trinajstić information content (AvgIpc) is 3.00. The van der Waals surface area contributed by atoms with E-state index in [1.54, 1.807) is 0 Å². The number of phenols is 2. The van der Waals surface area contributed by atoms with Gasteiger partial charge in [-0.1, -0.05) is 58.0 Å². The van der Waals surface area contributed by atoms with Crippen molar-refractivity contribution in [2.45, 2.75) is 5.60 Å². The summed E-state index contributed by atoms with van der Waals surface area (Å²) in [7, 11) is 0. The summed E-state index contributed by atoms with van der Waals surface area (Å²) in [6.45, 7) is 0. The first-order chi connectivity index (χ1) is 14.2. The predicted molar refractivity (Wildman–Crippen MR) is 113 cm³/mol. The molecule has 2 aliphatic heterocycles. The minimum Gasteiger partial charge on any atom is -0.508 e. The largest absolute Gasteiger partial charge is 0.508 e. The number of rotatable bonds is 0. The summed E-state index contributed by atoms with van der Waals surface area (Å²) in [5.41, 5.74) is -0.918. The number of esters is 1. The van der Waals surface area contributed by atoms with Gasteiger partial charge in [0, 0.05) is 28.8 Å². The van der Waals surface area contributed by atoms with E-state index < -0.39 is 11.6 Å². The van der Waals surface area contributed by atoms with Crippen molar-refractivity contribution >= 4 is 64.0 Å². The standard InChI is InChI=1S/C20H7Cl5O5/c21-9-4-8-12(5-10(9)27)29-11-3-6(26)1-2-7(11)20(8)14-13(19(28)30-20)15(22)17(24)18(25)16(14)23/h1-5,26-27H. The van der Waals surface area contributed by atoms with Crippen molar-refractivity contribution in [3.05, 3.63) is 77.7 Å². The number of phenolic OH excluding ortho intramolecular Hbond substituents is 2. The van der Waals surface area contributed by atoms with Crippen LogP contribution in [0.1, 0.15) is 27.0 Å². The molecule has 0 fully saturated rings. The predicted octanol–water partition coefficient (Wildman–Crippen LogP) is 6.93. The van der Waals surface area contributed by atoms with Gasteiger partial charge in [0.05, 0.1) is 30.7 Å². The van der Waals surface area contributed by atoms with Gasteiger partial charge in [-0.05, 0) is 18.2 Å². The van der Waals surface area contributed by atoms with Crippen LogP contribution in [0.2, 0.25) is 25.1 Å². The lowest BCUT2D eigenvalue weighted by Crippen LogP contribution is -2.33. The zero-order valence-corrected chi connectivity index (χ0v) is 18.2.